The van der Waals surface area contributed by atoms with Gasteiger partial charge in [-0.2, -0.15) is 4.31 Å². The fourth-order valence-electron chi connectivity index (χ4n) is 3.16. The van der Waals surface area contributed by atoms with E-state index in [1.54, 1.807) is 37.3 Å². The number of halogens is 1. The number of amides is 1. The van der Waals surface area contributed by atoms with Crippen molar-refractivity contribution >= 4 is 21.6 Å². The molecule has 3 rings (SSSR count). The summed E-state index contributed by atoms with van der Waals surface area (Å²) in [6.07, 6.45) is 0. The van der Waals surface area contributed by atoms with Crippen LogP contribution in [0.1, 0.15) is 18.1 Å². The van der Waals surface area contributed by atoms with Crippen molar-refractivity contribution < 1.29 is 22.3 Å². The third-order valence-electron chi connectivity index (χ3n) is 4.73. The molecule has 0 heterocycles. The first-order chi connectivity index (χ1) is 15.3. The molecule has 0 aliphatic carbocycles. The molecule has 3 aromatic carbocycles. The first-order valence-electron chi connectivity index (χ1n) is 10.1. The second-order valence-corrected chi connectivity index (χ2v) is 9.11. The number of aryl methyl sites for hydroxylation is 1. The lowest BCUT2D eigenvalue weighted by Gasteiger charge is -2.22. The summed E-state index contributed by atoms with van der Waals surface area (Å²) in [5, 5.41) is 2.61. The van der Waals surface area contributed by atoms with Crippen LogP contribution in [-0.4, -0.2) is 31.8 Å². The molecule has 168 valence electrons. The van der Waals surface area contributed by atoms with Crippen molar-refractivity contribution in [1.29, 1.82) is 0 Å². The van der Waals surface area contributed by atoms with E-state index in [4.69, 9.17) is 4.74 Å². The first kappa shape index (κ1) is 23.4. The van der Waals surface area contributed by atoms with E-state index in [1.165, 1.54) is 36.4 Å². The highest BCUT2D eigenvalue weighted by atomic mass is 32.2. The van der Waals surface area contributed by atoms with E-state index in [0.717, 1.165) is 9.87 Å². The van der Waals surface area contributed by atoms with Gasteiger partial charge in [0.25, 0.3) is 0 Å². The van der Waals surface area contributed by atoms with Gasteiger partial charge in [0.1, 0.15) is 11.6 Å². The number of benzene rings is 3. The molecule has 32 heavy (non-hydrogen) atoms. The lowest BCUT2D eigenvalue weighted by molar-refractivity contribution is -0.116. The highest BCUT2D eigenvalue weighted by molar-refractivity contribution is 7.89. The lowest BCUT2D eigenvalue weighted by atomic mass is 10.2. The Morgan fingerprint density at radius 2 is 1.72 bits per heavy atom. The zero-order chi connectivity index (χ0) is 23.1. The number of sulfonamides is 1. The van der Waals surface area contributed by atoms with E-state index in [0.29, 0.717) is 23.6 Å². The molecule has 6 nitrogen and oxygen atoms in total. The summed E-state index contributed by atoms with van der Waals surface area (Å²) in [4.78, 5) is 12.7. The molecule has 0 fully saturated rings. The van der Waals surface area contributed by atoms with Gasteiger partial charge in [0.05, 0.1) is 18.0 Å². The fraction of sp³-hybridized carbons (Fsp3) is 0.208. The molecule has 0 radical (unpaired) electrons. The fourth-order valence-corrected chi connectivity index (χ4v) is 4.63. The Balaban J connectivity index is 1.88. The Morgan fingerprint density at radius 3 is 2.34 bits per heavy atom. The van der Waals surface area contributed by atoms with Gasteiger partial charge in [-0.05, 0) is 67.4 Å². The van der Waals surface area contributed by atoms with Crippen LogP contribution in [0.2, 0.25) is 0 Å². The monoisotopic (exact) mass is 456 g/mol. The molecule has 0 aromatic heterocycles. The number of ether oxygens (including phenoxy) is 1. The van der Waals surface area contributed by atoms with E-state index in [1.807, 2.05) is 13.0 Å². The smallest absolute Gasteiger partial charge is 0.243 e. The van der Waals surface area contributed by atoms with Crippen LogP contribution < -0.4 is 10.1 Å². The zero-order valence-electron chi connectivity index (χ0n) is 17.9. The summed E-state index contributed by atoms with van der Waals surface area (Å²) < 4.78 is 46.6. The van der Waals surface area contributed by atoms with E-state index in [2.05, 4.69) is 5.32 Å². The molecule has 3 aromatic rings. The average Bonchev–Trinajstić information content (AvgIpc) is 2.77. The predicted molar refractivity (Wildman–Crippen MR) is 121 cm³/mol. The Kier molecular flexibility index (Phi) is 7.61. The third-order valence-corrected chi connectivity index (χ3v) is 6.52. The van der Waals surface area contributed by atoms with Crippen LogP contribution in [0.15, 0.2) is 77.7 Å². The largest absolute Gasteiger partial charge is 0.494 e. The van der Waals surface area contributed by atoms with Gasteiger partial charge in [-0.25, -0.2) is 12.8 Å². The van der Waals surface area contributed by atoms with Gasteiger partial charge in [0.2, 0.25) is 15.9 Å². The molecule has 0 saturated heterocycles. The highest BCUT2D eigenvalue weighted by Crippen LogP contribution is 2.25. The minimum Gasteiger partial charge on any atom is -0.494 e. The van der Waals surface area contributed by atoms with Crippen LogP contribution >= 0.6 is 0 Å². The van der Waals surface area contributed by atoms with E-state index in [-0.39, 0.29) is 11.4 Å². The van der Waals surface area contributed by atoms with Gasteiger partial charge in [-0.3, -0.25) is 4.79 Å². The van der Waals surface area contributed by atoms with Crippen molar-refractivity contribution in [1.82, 2.24) is 4.31 Å². The summed E-state index contributed by atoms with van der Waals surface area (Å²) in [5.41, 5.74) is 1.81. The highest BCUT2D eigenvalue weighted by Gasteiger charge is 2.27. The standard InChI is InChI=1S/C24H25FN2O4S/c1-3-31-23-14-13-22(15-18(23)2)32(29,30)27(16-19-7-5-4-6-8-19)17-24(28)26-21-11-9-20(25)10-12-21/h4-15H,3,16-17H2,1-2H3,(H,26,28). The molecule has 0 saturated carbocycles. The van der Waals surface area contributed by atoms with Crippen LogP contribution in [0.3, 0.4) is 0 Å². The molecular formula is C24H25FN2O4S. The molecule has 0 spiro atoms. The molecule has 8 heteroatoms. The second-order valence-electron chi connectivity index (χ2n) is 7.17. The van der Waals surface area contributed by atoms with Gasteiger partial charge in [-0.1, -0.05) is 30.3 Å². The van der Waals surface area contributed by atoms with Crippen LogP contribution in [0.25, 0.3) is 0 Å². The quantitative estimate of drug-likeness (QED) is 0.519. The normalized spacial score (nSPS) is 11.4. The Morgan fingerprint density at radius 1 is 1.03 bits per heavy atom. The summed E-state index contributed by atoms with van der Waals surface area (Å²) in [6, 6.07) is 18.9. The maximum absolute atomic E-state index is 13.4. The van der Waals surface area contributed by atoms with E-state index >= 15 is 0 Å². The number of hydrogen-bond acceptors (Lipinski definition) is 4. The van der Waals surface area contributed by atoms with Gasteiger partial charge in [0.15, 0.2) is 0 Å². The maximum atomic E-state index is 13.4. The molecule has 1 amide bonds. The summed E-state index contributed by atoms with van der Waals surface area (Å²) in [7, 11) is -3.99. The molecular weight excluding hydrogens is 431 g/mol. The van der Waals surface area contributed by atoms with Crippen molar-refractivity contribution in [2.75, 3.05) is 18.5 Å². The minimum atomic E-state index is -3.99. The Hall–Kier alpha value is -3.23. The van der Waals surface area contributed by atoms with Gasteiger partial charge >= 0.3 is 0 Å². The summed E-state index contributed by atoms with van der Waals surface area (Å²) in [5.74, 6) is -0.351. The number of rotatable bonds is 9. The lowest BCUT2D eigenvalue weighted by Crippen LogP contribution is -2.37. The number of carbonyl (C=O) groups excluding carboxylic acids is 1. The summed E-state index contributed by atoms with van der Waals surface area (Å²) in [6.45, 7) is 3.71. The molecule has 0 bridgehead atoms. The van der Waals surface area contributed by atoms with Crippen molar-refractivity contribution in [3.63, 3.8) is 0 Å². The van der Waals surface area contributed by atoms with Crippen LogP contribution in [-0.2, 0) is 21.4 Å². The first-order valence-corrected chi connectivity index (χ1v) is 11.6. The van der Waals surface area contributed by atoms with Crippen LogP contribution in [0.5, 0.6) is 5.75 Å². The SMILES string of the molecule is CCOc1ccc(S(=O)(=O)N(CC(=O)Nc2ccc(F)cc2)Cc2ccccc2)cc1C. The number of hydrogen-bond donors (Lipinski definition) is 1. The maximum Gasteiger partial charge on any atom is 0.243 e. The molecule has 0 aliphatic rings. The Labute approximate surface area is 187 Å². The predicted octanol–water partition coefficient (Wildman–Crippen LogP) is 4.36. The van der Waals surface area contributed by atoms with Gasteiger partial charge in [-0.15, -0.1) is 0 Å². The van der Waals surface area contributed by atoms with Crippen LogP contribution in [0, 0.1) is 12.7 Å². The number of nitrogens with zero attached hydrogens (tertiary/aromatic N) is 1. The molecule has 0 atom stereocenters. The van der Waals surface area contributed by atoms with Gasteiger partial charge < -0.3 is 10.1 Å². The average molecular weight is 457 g/mol. The Bertz CT molecular complexity index is 1170. The topological polar surface area (TPSA) is 75.7 Å². The van der Waals surface area contributed by atoms with E-state index < -0.39 is 28.3 Å². The van der Waals surface area contributed by atoms with Crippen molar-refractivity contribution in [3.8, 4) is 5.75 Å². The number of anilines is 1. The number of nitrogens with one attached hydrogen (secondary N) is 1. The van der Waals surface area contributed by atoms with Crippen molar-refractivity contribution in [3.05, 3.63) is 89.7 Å². The second kappa shape index (κ2) is 10.4. The molecule has 0 unspecified atom stereocenters. The van der Waals surface area contributed by atoms with Crippen molar-refractivity contribution in [2.24, 2.45) is 0 Å². The zero-order valence-corrected chi connectivity index (χ0v) is 18.7. The van der Waals surface area contributed by atoms with Crippen LogP contribution in [0.4, 0.5) is 10.1 Å². The third kappa shape index (κ3) is 5.93. The molecule has 0 aliphatic heterocycles. The van der Waals surface area contributed by atoms with Gasteiger partial charge in [0, 0.05) is 12.2 Å². The molecule has 1 N–H and O–H groups in total. The number of carbonyl (C=O) groups is 1. The minimum absolute atomic E-state index is 0.0201. The van der Waals surface area contributed by atoms with Crippen molar-refractivity contribution in [2.45, 2.75) is 25.3 Å². The van der Waals surface area contributed by atoms with E-state index in [9.17, 15) is 17.6 Å². The summed E-state index contributed by atoms with van der Waals surface area (Å²) >= 11 is 0.